The Kier molecular flexibility index (Phi) is 2.38. The second-order valence-corrected chi connectivity index (χ2v) is 9.07. The molecule has 0 bridgehead atoms. The van der Waals surface area contributed by atoms with Gasteiger partial charge in [0.1, 0.15) is 0 Å². The molecule has 4 heteroatoms. The van der Waals surface area contributed by atoms with Gasteiger partial charge < -0.3 is 9.47 Å². The Morgan fingerprint density at radius 3 is 1.39 bits per heavy atom. The summed E-state index contributed by atoms with van der Waals surface area (Å²) in [5, 5.41) is 0. The first-order valence-electron chi connectivity index (χ1n) is 10.0. The molecule has 5 aliphatic rings. The average Bonchev–Trinajstić information content (AvgIpc) is 2.68. The Balaban J connectivity index is 1.60. The Morgan fingerprint density at radius 1 is 0.679 bits per heavy atom. The van der Waals surface area contributed by atoms with Crippen molar-refractivity contribution in [2.45, 2.75) is 23.7 Å². The molecule has 0 radical (unpaired) electrons. The van der Waals surface area contributed by atoms with Crippen LogP contribution >= 0.6 is 0 Å². The van der Waals surface area contributed by atoms with Crippen molar-refractivity contribution in [3.8, 4) is 0 Å². The summed E-state index contributed by atoms with van der Waals surface area (Å²) in [6, 6.07) is 17.1. The first-order chi connectivity index (χ1) is 13.7. The molecule has 3 saturated carbocycles. The van der Waals surface area contributed by atoms with Gasteiger partial charge in [-0.2, -0.15) is 0 Å². The van der Waals surface area contributed by atoms with Crippen molar-refractivity contribution in [3.05, 3.63) is 70.8 Å². The summed E-state index contributed by atoms with van der Waals surface area (Å²) in [7, 11) is 2.96. The fourth-order valence-corrected chi connectivity index (χ4v) is 8.72. The highest BCUT2D eigenvalue weighted by molar-refractivity contribution is 5.97. The molecule has 0 saturated heterocycles. The van der Waals surface area contributed by atoms with E-state index in [9.17, 15) is 9.59 Å². The van der Waals surface area contributed by atoms with Crippen molar-refractivity contribution in [2.24, 2.45) is 22.7 Å². The standard InChI is InChI=1S/C24H20O4/c1-27-21(25)23-17-13-9-5-3-7-11(13)16-18-14-10-6-4-8-12(14)15(17)19(23)24(18,20(16)23)22(26)28-2/h3-10,15-20H,1-2H3. The third kappa shape index (κ3) is 1.10. The Morgan fingerprint density at radius 2 is 1.04 bits per heavy atom. The average molecular weight is 372 g/mol. The first-order valence-corrected chi connectivity index (χ1v) is 10.0. The lowest BCUT2D eigenvalue weighted by molar-refractivity contribution is -0.360. The number of carbonyl (C=O) groups is 2. The predicted octanol–water partition coefficient (Wildman–Crippen LogP) is 3.34. The smallest absolute Gasteiger partial charge is 0.313 e. The molecule has 2 aromatic carbocycles. The van der Waals surface area contributed by atoms with Crippen LogP contribution in [0.2, 0.25) is 0 Å². The number of ether oxygens (including phenoxy) is 2. The van der Waals surface area contributed by atoms with E-state index in [1.807, 2.05) is 0 Å². The fraction of sp³-hybridized carbons (Fsp3) is 0.417. The van der Waals surface area contributed by atoms with Gasteiger partial charge in [0.15, 0.2) is 0 Å². The number of carbonyl (C=O) groups excluding carboxylic acids is 2. The van der Waals surface area contributed by atoms with Crippen LogP contribution in [0.3, 0.4) is 0 Å². The number of hydrogen-bond donors (Lipinski definition) is 0. The summed E-state index contributed by atoms with van der Waals surface area (Å²) in [6.45, 7) is 0. The molecular formula is C24H20O4. The predicted molar refractivity (Wildman–Crippen MR) is 99.7 cm³/mol. The molecule has 3 fully saturated rings. The number of rotatable bonds is 2. The maximum atomic E-state index is 13.2. The summed E-state index contributed by atoms with van der Waals surface area (Å²) in [5.41, 5.74) is 4.06. The molecule has 4 atom stereocenters. The molecular weight excluding hydrogens is 352 g/mol. The zero-order valence-corrected chi connectivity index (χ0v) is 15.7. The Hall–Kier alpha value is -2.62. The van der Waals surface area contributed by atoms with E-state index in [0.717, 1.165) is 0 Å². The lowest BCUT2D eigenvalue weighted by Crippen LogP contribution is -2.91. The molecule has 140 valence electrons. The largest absolute Gasteiger partial charge is 0.469 e. The van der Waals surface area contributed by atoms with Gasteiger partial charge in [0.05, 0.1) is 25.0 Å². The van der Waals surface area contributed by atoms with Crippen LogP contribution in [-0.2, 0) is 19.1 Å². The van der Waals surface area contributed by atoms with Gasteiger partial charge >= 0.3 is 11.9 Å². The van der Waals surface area contributed by atoms with Crippen LogP contribution in [-0.4, -0.2) is 26.2 Å². The summed E-state index contributed by atoms with van der Waals surface area (Å²) in [4.78, 5) is 26.5. The minimum atomic E-state index is -0.573. The van der Waals surface area contributed by atoms with Gasteiger partial charge in [0, 0.05) is 23.7 Å². The topological polar surface area (TPSA) is 52.6 Å². The van der Waals surface area contributed by atoms with Crippen LogP contribution < -0.4 is 0 Å². The Bertz CT molecular complexity index is 1010. The van der Waals surface area contributed by atoms with Gasteiger partial charge in [-0.1, -0.05) is 48.5 Å². The highest BCUT2D eigenvalue weighted by Gasteiger charge is 2.99. The van der Waals surface area contributed by atoms with Crippen molar-refractivity contribution >= 4 is 11.9 Å². The lowest BCUT2D eigenvalue weighted by Gasteiger charge is -2.90. The summed E-state index contributed by atoms with van der Waals surface area (Å²) in [5.74, 6) is 0.207. The summed E-state index contributed by atoms with van der Waals surface area (Å²) >= 11 is 0. The quantitative estimate of drug-likeness (QED) is 0.759. The van der Waals surface area contributed by atoms with Crippen molar-refractivity contribution in [2.75, 3.05) is 14.2 Å². The van der Waals surface area contributed by atoms with Crippen LogP contribution in [0.4, 0.5) is 0 Å². The molecule has 0 aliphatic heterocycles. The molecule has 7 rings (SSSR count). The molecule has 4 nitrogen and oxygen atoms in total. The minimum absolute atomic E-state index is 0.0144. The number of esters is 2. The van der Waals surface area contributed by atoms with E-state index in [-0.39, 0.29) is 47.4 Å². The van der Waals surface area contributed by atoms with Gasteiger partial charge in [0.25, 0.3) is 0 Å². The molecule has 2 aromatic rings. The third-order valence-corrected chi connectivity index (χ3v) is 8.98. The summed E-state index contributed by atoms with van der Waals surface area (Å²) < 4.78 is 10.7. The second kappa shape index (κ2) is 4.35. The van der Waals surface area contributed by atoms with Gasteiger partial charge in [-0.3, -0.25) is 9.59 Å². The second-order valence-electron chi connectivity index (χ2n) is 9.07. The number of fused-ring (bicyclic) bond motifs is 8. The molecule has 28 heavy (non-hydrogen) atoms. The highest BCUT2D eigenvalue weighted by atomic mass is 16.5. The van der Waals surface area contributed by atoms with Gasteiger partial charge in [0.2, 0.25) is 0 Å². The van der Waals surface area contributed by atoms with E-state index >= 15 is 0 Å². The van der Waals surface area contributed by atoms with E-state index in [4.69, 9.17) is 9.47 Å². The van der Waals surface area contributed by atoms with Crippen LogP contribution in [0.25, 0.3) is 0 Å². The van der Waals surface area contributed by atoms with Gasteiger partial charge in [-0.25, -0.2) is 0 Å². The maximum Gasteiger partial charge on any atom is 0.313 e. The van der Waals surface area contributed by atoms with Crippen molar-refractivity contribution in [3.63, 3.8) is 0 Å². The van der Waals surface area contributed by atoms with Crippen molar-refractivity contribution < 1.29 is 19.1 Å². The van der Waals surface area contributed by atoms with E-state index in [2.05, 4.69) is 48.5 Å². The highest BCUT2D eigenvalue weighted by Crippen LogP contribution is 2.98. The van der Waals surface area contributed by atoms with Crippen molar-refractivity contribution in [1.82, 2.24) is 0 Å². The Labute approximate surface area is 162 Å². The van der Waals surface area contributed by atoms with Crippen LogP contribution in [0.1, 0.15) is 45.9 Å². The minimum Gasteiger partial charge on any atom is -0.469 e. The van der Waals surface area contributed by atoms with E-state index in [1.54, 1.807) is 0 Å². The van der Waals surface area contributed by atoms with E-state index in [1.165, 1.54) is 36.5 Å². The van der Waals surface area contributed by atoms with Crippen LogP contribution in [0.15, 0.2) is 48.5 Å². The number of methoxy groups -OCH3 is 2. The fourth-order valence-electron chi connectivity index (χ4n) is 8.72. The SMILES string of the molecule is COC(=O)C12C3c4ccccc4C4C5c6ccccc6C3C1C5(C(=O)OC)C42. The molecule has 0 spiro atoms. The zero-order valence-electron chi connectivity index (χ0n) is 15.7. The normalized spacial score (nSPS) is 43.9. The molecule has 4 unspecified atom stereocenters. The molecule has 0 N–H and O–H groups in total. The molecule has 0 amide bonds. The van der Waals surface area contributed by atoms with E-state index in [0.29, 0.717) is 0 Å². The van der Waals surface area contributed by atoms with E-state index < -0.39 is 10.8 Å². The number of benzene rings is 2. The molecule has 5 aliphatic carbocycles. The lowest BCUT2D eigenvalue weighted by atomic mass is 9.09. The maximum absolute atomic E-state index is 13.2. The third-order valence-electron chi connectivity index (χ3n) is 8.98. The number of hydrogen-bond acceptors (Lipinski definition) is 4. The zero-order chi connectivity index (χ0) is 19.0. The van der Waals surface area contributed by atoms with Gasteiger partial charge in [-0.05, 0) is 34.1 Å². The van der Waals surface area contributed by atoms with Crippen LogP contribution in [0, 0.1) is 22.7 Å². The van der Waals surface area contributed by atoms with Crippen molar-refractivity contribution in [1.29, 1.82) is 0 Å². The first kappa shape index (κ1) is 15.3. The molecule has 0 aromatic heterocycles. The summed E-state index contributed by atoms with van der Waals surface area (Å²) in [6.07, 6.45) is 0. The molecule has 0 heterocycles. The monoisotopic (exact) mass is 372 g/mol. The van der Waals surface area contributed by atoms with Crippen LogP contribution in [0.5, 0.6) is 0 Å². The van der Waals surface area contributed by atoms with Gasteiger partial charge in [-0.15, -0.1) is 0 Å².